The Morgan fingerprint density at radius 1 is 1.33 bits per heavy atom. The Kier molecular flexibility index (Phi) is 4.31. The Labute approximate surface area is 135 Å². The van der Waals surface area contributed by atoms with Gasteiger partial charge in [0.1, 0.15) is 5.82 Å². The van der Waals surface area contributed by atoms with Gasteiger partial charge in [-0.2, -0.15) is 0 Å². The predicted octanol–water partition coefficient (Wildman–Crippen LogP) is 4.73. The highest BCUT2D eigenvalue weighted by atomic mass is 79.9. The zero-order valence-corrected chi connectivity index (χ0v) is 14.0. The van der Waals surface area contributed by atoms with Crippen LogP contribution in [0.3, 0.4) is 0 Å². The van der Waals surface area contributed by atoms with Crippen molar-refractivity contribution >= 4 is 43.3 Å². The fourth-order valence-electron chi connectivity index (χ4n) is 2.95. The highest BCUT2D eigenvalue weighted by molar-refractivity contribution is 9.09. The summed E-state index contributed by atoms with van der Waals surface area (Å²) < 4.78 is 14.0. The van der Waals surface area contributed by atoms with Gasteiger partial charge in [0.15, 0.2) is 0 Å². The molecule has 0 spiro atoms. The van der Waals surface area contributed by atoms with E-state index >= 15 is 0 Å². The molecule has 1 aromatic carbocycles. The first-order chi connectivity index (χ1) is 10.1. The van der Waals surface area contributed by atoms with E-state index in [-0.39, 0.29) is 17.1 Å². The van der Waals surface area contributed by atoms with Crippen molar-refractivity contribution in [1.29, 1.82) is 0 Å². The van der Waals surface area contributed by atoms with Gasteiger partial charge < -0.3 is 5.32 Å². The minimum atomic E-state index is -0.263. The Morgan fingerprint density at radius 2 is 2.10 bits per heavy atom. The second kappa shape index (κ2) is 6.05. The Morgan fingerprint density at radius 3 is 2.81 bits per heavy atom. The lowest BCUT2D eigenvalue weighted by Gasteiger charge is -2.26. The van der Waals surface area contributed by atoms with Crippen molar-refractivity contribution < 1.29 is 9.18 Å². The number of hydrogen-bond donors (Lipinski definition) is 1. The molecule has 1 aliphatic carbocycles. The SMILES string of the molecule is O=C(NCC1(CBr)CCCC1)c1cc2ccc(F)cc2s1. The maximum Gasteiger partial charge on any atom is 0.261 e. The van der Waals surface area contributed by atoms with Gasteiger partial charge in [0, 0.05) is 16.6 Å². The summed E-state index contributed by atoms with van der Waals surface area (Å²) in [5.74, 6) is -0.315. The number of carbonyl (C=O) groups excluding carboxylic acids is 1. The lowest BCUT2D eigenvalue weighted by molar-refractivity contribution is 0.0939. The fourth-order valence-corrected chi connectivity index (χ4v) is 4.72. The van der Waals surface area contributed by atoms with E-state index in [2.05, 4.69) is 21.2 Å². The Hall–Kier alpha value is -0.940. The molecule has 1 fully saturated rings. The molecule has 1 N–H and O–H groups in total. The normalized spacial score (nSPS) is 17.2. The van der Waals surface area contributed by atoms with E-state index in [9.17, 15) is 9.18 Å². The summed E-state index contributed by atoms with van der Waals surface area (Å²) in [5.41, 5.74) is 0.207. The van der Waals surface area contributed by atoms with Crippen LogP contribution in [0, 0.1) is 11.2 Å². The maximum absolute atomic E-state index is 13.2. The molecular weight excluding hydrogens is 353 g/mol. The van der Waals surface area contributed by atoms with Gasteiger partial charge in [0.25, 0.3) is 5.91 Å². The van der Waals surface area contributed by atoms with Crippen LogP contribution in [-0.4, -0.2) is 17.8 Å². The van der Waals surface area contributed by atoms with Gasteiger partial charge in [-0.05, 0) is 41.8 Å². The molecule has 21 heavy (non-hydrogen) atoms. The first-order valence-electron chi connectivity index (χ1n) is 7.15. The quantitative estimate of drug-likeness (QED) is 0.775. The lowest BCUT2D eigenvalue weighted by Crippen LogP contribution is -2.36. The first-order valence-corrected chi connectivity index (χ1v) is 9.09. The first kappa shape index (κ1) is 15.0. The summed E-state index contributed by atoms with van der Waals surface area (Å²) in [5, 5.41) is 4.90. The third-order valence-electron chi connectivity index (χ3n) is 4.28. The van der Waals surface area contributed by atoms with E-state index in [4.69, 9.17) is 0 Å². The molecule has 112 valence electrons. The summed E-state index contributed by atoms with van der Waals surface area (Å²) in [6.45, 7) is 0.708. The van der Waals surface area contributed by atoms with Gasteiger partial charge in [-0.25, -0.2) is 4.39 Å². The van der Waals surface area contributed by atoms with E-state index in [1.54, 1.807) is 6.07 Å². The third kappa shape index (κ3) is 3.14. The molecular formula is C16H17BrFNOS. The molecule has 1 heterocycles. The van der Waals surface area contributed by atoms with Crippen molar-refractivity contribution in [3.8, 4) is 0 Å². The number of nitrogens with one attached hydrogen (secondary N) is 1. The van der Waals surface area contributed by atoms with Crippen molar-refractivity contribution in [3.05, 3.63) is 35.0 Å². The van der Waals surface area contributed by atoms with Gasteiger partial charge in [0.05, 0.1) is 4.88 Å². The van der Waals surface area contributed by atoms with Crippen LogP contribution in [-0.2, 0) is 0 Å². The molecule has 0 radical (unpaired) electrons. The molecule has 1 aromatic heterocycles. The number of rotatable bonds is 4. The molecule has 0 aliphatic heterocycles. The van der Waals surface area contributed by atoms with Crippen LogP contribution in [0.2, 0.25) is 0 Å². The van der Waals surface area contributed by atoms with Gasteiger partial charge in [-0.3, -0.25) is 4.79 Å². The second-order valence-corrected chi connectivity index (χ2v) is 7.46. The number of halogens is 2. The summed E-state index contributed by atoms with van der Waals surface area (Å²) in [6.07, 6.45) is 4.81. The standard InChI is InChI=1S/C16H17BrFNOS/c17-9-16(5-1-2-6-16)10-19-15(20)14-7-11-3-4-12(18)8-13(11)21-14/h3-4,7-8H,1-2,5-6,9-10H2,(H,19,20). The minimum Gasteiger partial charge on any atom is -0.351 e. The van der Waals surface area contributed by atoms with E-state index in [1.165, 1.54) is 36.3 Å². The highest BCUT2D eigenvalue weighted by Gasteiger charge is 2.33. The average molecular weight is 370 g/mol. The molecule has 0 atom stereocenters. The van der Waals surface area contributed by atoms with E-state index in [0.717, 1.165) is 28.3 Å². The van der Waals surface area contributed by atoms with E-state index < -0.39 is 0 Å². The molecule has 0 unspecified atom stereocenters. The molecule has 5 heteroatoms. The van der Waals surface area contributed by atoms with Gasteiger partial charge in [-0.1, -0.05) is 34.8 Å². The van der Waals surface area contributed by atoms with Crippen molar-refractivity contribution in [1.82, 2.24) is 5.32 Å². The zero-order valence-electron chi connectivity index (χ0n) is 11.6. The average Bonchev–Trinajstić information content (AvgIpc) is 3.11. The number of carbonyl (C=O) groups is 1. The second-order valence-electron chi connectivity index (χ2n) is 5.82. The monoisotopic (exact) mass is 369 g/mol. The van der Waals surface area contributed by atoms with Crippen LogP contribution in [0.25, 0.3) is 10.1 Å². The Balaban J connectivity index is 1.72. The van der Waals surface area contributed by atoms with Crippen molar-refractivity contribution in [3.63, 3.8) is 0 Å². The predicted molar refractivity (Wildman–Crippen MR) is 88.8 cm³/mol. The summed E-state index contributed by atoms with van der Waals surface area (Å²) >= 11 is 4.93. The number of hydrogen-bond acceptors (Lipinski definition) is 2. The van der Waals surface area contributed by atoms with Crippen LogP contribution in [0.5, 0.6) is 0 Å². The van der Waals surface area contributed by atoms with Crippen LogP contribution in [0.1, 0.15) is 35.4 Å². The van der Waals surface area contributed by atoms with Crippen LogP contribution < -0.4 is 5.32 Å². The van der Waals surface area contributed by atoms with Crippen molar-refractivity contribution in [2.75, 3.05) is 11.9 Å². The van der Waals surface area contributed by atoms with Crippen molar-refractivity contribution in [2.24, 2.45) is 5.41 Å². The molecule has 3 rings (SSSR count). The number of fused-ring (bicyclic) bond motifs is 1. The van der Waals surface area contributed by atoms with Crippen LogP contribution >= 0.6 is 27.3 Å². The number of alkyl halides is 1. The largest absolute Gasteiger partial charge is 0.351 e. The van der Waals surface area contributed by atoms with E-state index in [1.807, 2.05) is 6.07 Å². The fraction of sp³-hybridized carbons (Fsp3) is 0.438. The summed E-state index contributed by atoms with van der Waals surface area (Å²) in [7, 11) is 0. The smallest absolute Gasteiger partial charge is 0.261 e. The van der Waals surface area contributed by atoms with Gasteiger partial charge in [-0.15, -0.1) is 11.3 Å². The molecule has 1 aliphatic rings. The van der Waals surface area contributed by atoms with Crippen LogP contribution in [0.4, 0.5) is 4.39 Å². The molecule has 1 saturated carbocycles. The summed E-state index contributed by atoms with van der Waals surface area (Å²) in [4.78, 5) is 13.0. The number of thiophene rings is 1. The highest BCUT2D eigenvalue weighted by Crippen LogP contribution is 2.39. The van der Waals surface area contributed by atoms with Crippen molar-refractivity contribution in [2.45, 2.75) is 25.7 Å². The van der Waals surface area contributed by atoms with Gasteiger partial charge in [0.2, 0.25) is 0 Å². The minimum absolute atomic E-state index is 0.0520. The number of benzene rings is 1. The third-order valence-corrected chi connectivity index (χ3v) is 6.56. The molecule has 2 aromatic rings. The summed E-state index contributed by atoms with van der Waals surface area (Å²) in [6, 6.07) is 6.46. The molecule has 1 amide bonds. The lowest BCUT2D eigenvalue weighted by atomic mass is 9.89. The molecule has 0 bridgehead atoms. The molecule has 2 nitrogen and oxygen atoms in total. The maximum atomic E-state index is 13.2. The molecule has 0 saturated heterocycles. The van der Waals surface area contributed by atoms with Gasteiger partial charge >= 0.3 is 0 Å². The Bertz CT molecular complexity index is 663. The number of amides is 1. The topological polar surface area (TPSA) is 29.1 Å². The zero-order chi connectivity index (χ0) is 14.9. The van der Waals surface area contributed by atoms with E-state index in [0.29, 0.717) is 11.4 Å². The van der Waals surface area contributed by atoms with Crippen LogP contribution in [0.15, 0.2) is 24.3 Å².